The maximum Gasteiger partial charge on any atom is 0.326 e. The molecule has 322 valence electrons. The lowest BCUT2D eigenvalue weighted by Crippen LogP contribution is -2.61. The molecule has 0 unspecified atom stereocenters. The zero-order chi connectivity index (χ0) is 43.7. The summed E-state index contributed by atoms with van der Waals surface area (Å²) in [5.74, 6) is -8.39. The van der Waals surface area contributed by atoms with Crippen LogP contribution < -0.4 is 49.5 Å². The topological polar surface area (TPSA) is 382 Å². The average molecular weight is 821 g/mol. The number of phenolic OH excluding ortho intramolecular Hbond substituents is 1. The molecule has 1 aromatic carbocycles. The Morgan fingerprint density at radius 1 is 0.793 bits per heavy atom. The molecular formula is C36H56N10O12. The van der Waals surface area contributed by atoms with Crippen LogP contribution in [0.5, 0.6) is 5.75 Å². The first-order valence-electron chi connectivity index (χ1n) is 18.8. The summed E-state index contributed by atoms with van der Waals surface area (Å²) >= 11 is 0. The molecular weight excluding hydrogens is 764 g/mol. The molecule has 0 spiro atoms. The van der Waals surface area contributed by atoms with E-state index in [1.165, 1.54) is 38.1 Å². The van der Waals surface area contributed by atoms with Gasteiger partial charge in [0.2, 0.25) is 47.3 Å². The minimum absolute atomic E-state index is 0.00255. The van der Waals surface area contributed by atoms with Gasteiger partial charge < -0.3 is 69.7 Å². The lowest BCUT2D eigenvalue weighted by Gasteiger charge is -2.31. The number of amides is 8. The summed E-state index contributed by atoms with van der Waals surface area (Å²) in [4.78, 5) is 116. The monoisotopic (exact) mass is 820 g/mol. The number of carboxylic acids is 1. The molecule has 22 nitrogen and oxygen atoms in total. The number of aliphatic hydroxyl groups excluding tert-OH is 1. The van der Waals surface area contributed by atoms with Crippen LogP contribution in [0.2, 0.25) is 0 Å². The number of rotatable bonds is 24. The van der Waals surface area contributed by atoms with Crippen LogP contribution in [0.15, 0.2) is 24.3 Å². The van der Waals surface area contributed by atoms with Crippen molar-refractivity contribution in [3.63, 3.8) is 0 Å². The lowest BCUT2D eigenvalue weighted by atomic mass is 10.0. The average Bonchev–Trinajstić information content (AvgIpc) is 3.65. The van der Waals surface area contributed by atoms with E-state index in [0.717, 1.165) is 4.90 Å². The standard InChI is InChI=1S/C36H56N10O12/c1-18(41-32(53)24(16-20-8-10-21(48)11-9-20)43-31(52)22(38)12-13-27(39)49)30(51)45-29(19(2)47)35(56)46-15-5-7-26(46)34(55)44-25(17-28(40)50)33(54)42-23(36(57)58)6-3-4-14-37/h8-11,18-19,22-26,29,47-48H,3-7,12-17,37-38H2,1-2H3,(H2,39,49)(H2,40,50)(H,41,53)(H,42,54)(H,43,52)(H,44,55)(H,45,51)(H,57,58)/t18-,19+,22-,23-,24-,25-,26-,29-/m0/s1. The van der Waals surface area contributed by atoms with E-state index in [1.54, 1.807) is 0 Å². The van der Waals surface area contributed by atoms with Gasteiger partial charge >= 0.3 is 5.97 Å². The molecule has 1 fully saturated rings. The fourth-order valence-electron chi connectivity index (χ4n) is 6.01. The molecule has 58 heavy (non-hydrogen) atoms. The highest BCUT2D eigenvalue weighted by Crippen LogP contribution is 2.20. The Morgan fingerprint density at radius 2 is 1.41 bits per heavy atom. The first kappa shape index (κ1) is 48.3. The zero-order valence-corrected chi connectivity index (χ0v) is 32.5. The van der Waals surface area contributed by atoms with E-state index in [1.807, 2.05) is 0 Å². The maximum absolute atomic E-state index is 13.8. The number of aliphatic carboxylic acids is 1. The minimum atomic E-state index is -1.63. The van der Waals surface area contributed by atoms with Gasteiger partial charge in [-0.3, -0.25) is 38.4 Å². The molecule has 0 radical (unpaired) electrons. The first-order valence-corrected chi connectivity index (χ1v) is 18.8. The van der Waals surface area contributed by atoms with Crippen molar-refractivity contribution in [3.05, 3.63) is 29.8 Å². The highest BCUT2D eigenvalue weighted by Gasteiger charge is 2.41. The number of aromatic hydroxyl groups is 1. The number of hydrogen-bond donors (Lipinski definition) is 12. The van der Waals surface area contributed by atoms with Crippen molar-refractivity contribution in [1.29, 1.82) is 0 Å². The van der Waals surface area contributed by atoms with Gasteiger partial charge in [0.15, 0.2) is 0 Å². The van der Waals surface area contributed by atoms with Crippen molar-refractivity contribution in [2.45, 2.75) is 120 Å². The lowest BCUT2D eigenvalue weighted by molar-refractivity contribution is -0.145. The number of nitrogens with one attached hydrogen (secondary N) is 5. The van der Waals surface area contributed by atoms with Gasteiger partial charge in [0.05, 0.1) is 18.6 Å². The quantitative estimate of drug-likeness (QED) is 0.0437. The number of carbonyl (C=O) groups excluding carboxylic acids is 8. The van der Waals surface area contributed by atoms with Crippen molar-refractivity contribution in [3.8, 4) is 5.75 Å². The molecule has 0 aromatic heterocycles. The molecule has 8 atom stereocenters. The predicted octanol–water partition coefficient (Wildman–Crippen LogP) is -4.57. The number of aliphatic hydroxyl groups is 1. The number of benzene rings is 1. The van der Waals surface area contributed by atoms with Gasteiger partial charge in [0, 0.05) is 19.4 Å². The summed E-state index contributed by atoms with van der Waals surface area (Å²) in [6.45, 7) is 2.78. The number of likely N-dealkylation sites (tertiary alicyclic amines) is 1. The van der Waals surface area contributed by atoms with Crippen LogP contribution in [0.3, 0.4) is 0 Å². The molecule has 16 N–H and O–H groups in total. The summed E-state index contributed by atoms with van der Waals surface area (Å²) in [6, 6.07) is -3.95. The van der Waals surface area contributed by atoms with E-state index < -0.39 is 108 Å². The number of carboxylic acid groups (broad SMARTS) is 1. The predicted molar refractivity (Wildman–Crippen MR) is 204 cm³/mol. The van der Waals surface area contributed by atoms with Crippen LogP contribution in [0, 0.1) is 0 Å². The highest BCUT2D eigenvalue weighted by molar-refractivity contribution is 5.98. The van der Waals surface area contributed by atoms with E-state index in [4.69, 9.17) is 22.9 Å². The van der Waals surface area contributed by atoms with E-state index in [0.29, 0.717) is 31.4 Å². The third kappa shape index (κ3) is 15.6. The second-order valence-electron chi connectivity index (χ2n) is 14.1. The molecule has 1 aliphatic rings. The highest BCUT2D eigenvalue weighted by atomic mass is 16.4. The summed E-state index contributed by atoms with van der Waals surface area (Å²) < 4.78 is 0. The molecule has 0 aliphatic carbocycles. The second kappa shape index (κ2) is 23.4. The van der Waals surface area contributed by atoms with E-state index in [2.05, 4.69) is 26.6 Å². The first-order chi connectivity index (χ1) is 27.2. The molecule has 2 rings (SSSR count). The van der Waals surface area contributed by atoms with Crippen molar-refractivity contribution in [1.82, 2.24) is 31.5 Å². The number of primary amides is 2. The van der Waals surface area contributed by atoms with E-state index in [9.17, 15) is 58.5 Å². The van der Waals surface area contributed by atoms with Crippen LogP contribution in [0.25, 0.3) is 0 Å². The number of phenols is 1. The van der Waals surface area contributed by atoms with Gasteiger partial charge in [-0.1, -0.05) is 12.1 Å². The Balaban J connectivity index is 2.18. The number of nitrogens with zero attached hydrogens (tertiary/aromatic N) is 1. The van der Waals surface area contributed by atoms with E-state index in [-0.39, 0.29) is 44.4 Å². The molecule has 1 heterocycles. The molecule has 22 heteroatoms. The third-order valence-electron chi connectivity index (χ3n) is 9.28. The molecule has 8 amide bonds. The van der Waals surface area contributed by atoms with E-state index >= 15 is 0 Å². The fourth-order valence-corrected chi connectivity index (χ4v) is 6.01. The number of unbranched alkanes of at least 4 members (excludes halogenated alkanes) is 1. The van der Waals surface area contributed by atoms with Gasteiger partial charge in [-0.2, -0.15) is 0 Å². The molecule has 1 aromatic rings. The summed E-state index contributed by atoms with van der Waals surface area (Å²) in [5.41, 5.74) is 22.3. The van der Waals surface area contributed by atoms with Crippen molar-refractivity contribution in [2.24, 2.45) is 22.9 Å². The number of carbonyl (C=O) groups is 9. The maximum atomic E-state index is 13.8. The summed E-state index contributed by atoms with van der Waals surface area (Å²) in [6.07, 6.45) is -1.33. The number of nitrogens with two attached hydrogens (primary N) is 4. The van der Waals surface area contributed by atoms with Gasteiger partial charge in [-0.15, -0.1) is 0 Å². The Bertz CT molecular complexity index is 1640. The molecule has 1 aliphatic heterocycles. The van der Waals surface area contributed by atoms with Crippen LogP contribution in [-0.2, 0) is 49.6 Å². The Morgan fingerprint density at radius 3 is 1.98 bits per heavy atom. The van der Waals surface area contributed by atoms with Crippen molar-refractivity contribution < 1.29 is 58.5 Å². The van der Waals surface area contributed by atoms with Gasteiger partial charge in [-0.05, 0) is 76.6 Å². The minimum Gasteiger partial charge on any atom is -0.508 e. The largest absolute Gasteiger partial charge is 0.508 e. The van der Waals surface area contributed by atoms with Gasteiger partial charge in [-0.25, -0.2) is 4.79 Å². The van der Waals surface area contributed by atoms with Crippen molar-refractivity contribution >= 4 is 53.2 Å². The van der Waals surface area contributed by atoms with Crippen LogP contribution in [0.4, 0.5) is 0 Å². The smallest absolute Gasteiger partial charge is 0.326 e. The summed E-state index contributed by atoms with van der Waals surface area (Å²) in [7, 11) is 0. The zero-order valence-electron chi connectivity index (χ0n) is 32.5. The Hall–Kier alpha value is -5.87. The number of hydrogen-bond acceptors (Lipinski definition) is 13. The van der Waals surface area contributed by atoms with Gasteiger partial charge in [0.25, 0.3) is 0 Å². The normalized spacial score (nSPS) is 17.3. The SMILES string of the molecule is C[C@H](NC(=O)[C@H](Cc1ccc(O)cc1)NC(=O)[C@@H](N)CCC(N)=O)C(=O)N[C@H](C(=O)N1CCC[C@H]1C(=O)N[C@@H](CC(N)=O)C(=O)N[C@@H](CCCCN)C(=O)O)[C@@H](C)O. The van der Waals surface area contributed by atoms with Crippen LogP contribution in [0.1, 0.15) is 70.8 Å². The Labute approximate surface area is 334 Å². The molecule has 0 bridgehead atoms. The molecule has 0 saturated carbocycles. The van der Waals surface area contributed by atoms with Crippen LogP contribution in [-0.4, -0.2) is 135 Å². The fraction of sp³-hybridized carbons (Fsp3) is 0.583. The summed E-state index contributed by atoms with van der Waals surface area (Å²) in [5, 5.41) is 41.8. The van der Waals surface area contributed by atoms with Crippen molar-refractivity contribution in [2.75, 3.05) is 13.1 Å². The van der Waals surface area contributed by atoms with Crippen LogP contribution >= 0.6 is 0 Å². The molecule has 1 saturated heterocycles. The third-order valence-corrected chi connectivity index (χ3v) is 9.28. The second-order valence-corrected chi connectivity index (χ2v) is 14.1. The Kier molecular flexibility index (Phi) is 19.5. The van der Waals surface area contributed by atoms with Gasteiger partial charge in [0.1, 0.15) is 42.0 Å².